The van der Waals surface area contributed by atoms with Crippen LogP contribution in [-0.4, -0.2) is 44.2 Å². The minimum atomic E-state index is -0.0796. The van der Waals surface area contributed by atoms with Crippen LogP contribution in [0.5, 0.6) is 17.2 Å². The molecule has 0 N–H and O–H groups in total. The fourth-order valence-electron chi connectivity index (χ4n) is 5.04. The number of allylic oxidation sites excluding steroid dienone is 1. The molecule has 5 rings (SSSR count). The van der Waals surface area contributed by atoms with Crippen molar-refractivity contribution in [2.24, 2.45) is 0 Å². The molecule has 2 aliphatic rings. The van der Waals surface area contributed by atoms with E-state index in [4.69, 9.17) is 14.2 Å². The molecule has 192 valence electrons. The molecule has 6 heteroatoms. The first-order valence-corrected chi connectivity index (χ1v) is 12.9. The van der Waals surface area contributed by atoms with Crippen LogP contribution in [0.4, 0.5) is 5.69 Å². The van der Waals surface area contributed by atoms with Crippen molar-refractivity contribution in [2.45, 2.75) is 33.7 Å². The Hall–Kier alpha value is -3.77. The van der Waals surface area contributed by atoms with Gasteiger partial charge in [0.1, 0.15) is 24.0 Å². The van der Waals surface area contributed by atoms with Gasteiger partial charge in [0.15, 0.2) is 5.76 Å². The summed E-state index contributed by atoms with van der Waals surface area (Å²) in [6.45, 7) is 10.3. The second-order valence-corrected chi connectivity index (χ2v) is 9.49. The average Bonchev–Trinajstić information content (AvgIpc) is 3.24. The van der Waals surface area contributed by atoms with Crippen molar-refractivity contribution in [2.75, 3.05) is 38.4 Å². The summed E-state index contributed by atoms with van der Waals surface area (Å²) in [7, 11) is 1.68. The number of ketones is 1. The highest BCUT2D eigenvalue weighted by Crippen LogP contribution is 2.43. The number of rotatable bonds is 8. The van der Waals surface area contributed by atoms with Crippen molar-refractivity contribution >= 4 is 17.5 Å². The molecule has 3 aromatic carbocycles. The maximum absolute atomic E-state index is 13.3. The number of ether oxygens (including phenoxy) is 3. The first kappa shape index (κ1) is 24.9. The van der Waals surface area contributed by atoms with Crippen molar-refractivity contribution in [3.05, 3.63) is 88.2 Å². The third-order valence-electron chi connectivity index (χ3n) is 7.20. The molecule has 0 fully saturated rings. The highest BCUT2D eigenvalue weighted by atomic mass is 16.5. The van der Waals surface area contributed by atoms with Crippen LogP contribution in [0.1, 0.15) is 46.5 Å². The van der Waals surface area contributed by atoms with Gasteiger partial charge in [-0.05, 0) is 74.7 Å². The van der Waals surface area contributed by atoms with Gasteiger partial charge < -0.3 is 19.1 Å². The van der Waals surface area contributed by atoms with Crippen molar-refractivity contribution < 1.29 is 19.0 Å². The number of hydrogen-bond acceptors (Lipinski definition) is 6. The molecule has 2 aliphatic heterocycles. The zero-order valence-electron chi connectivity index (χ0n) is 22.0. The number of nitrogens with zero attached hydrogens (tertiary/aromatic N) is 2. The molecular formula is C31H34N2O4. The summed E-state index contributed by atoms with van der Waals surface area (Å²) in [4.78, 5) is 17.8. The van der Waals surface area contributed by atoms with Crippen LogP contribution in [0.3, 0.4) is 0 Å². The Labute approximate surface area is 219 Å². The number of benzene rings is 3. The molecule has 3 aromatic rings. The first-order valence-electron chi connectivity index (χ1n) is 12.9. The molecule has 0 spiro atoms. The second kappa shape index (κ2) is 10.7. The molecular weight excluding hydrogens is 464 g/mol. The van der Waals surface area contributed by atoms with Crippen LogP contribution >= 0.6 is 0 Å². The van der Waals surface area contributed by atoms with Crippen LogP contribution in [0.15, 0.2) is 60.4 Å². The standard InChI is InChI=1S/C31H34N2O4/c1-5-33(6-2)25-11-7-23(8-12-25)17-28-29(34)27-18-24-19-32(20-36-30(24)21(3)31(27)37-28)16-15-22-9-13-26(35-4)14-10-22/h7-14,17-18H,5-6,15-16,19-20H2,1-4H3/b28-17-. The molecule has 0 amide bonds. The lowest BCUT2D eigenvalue weighted by atomic mass is 9.99. The highest BCUT2D eigenvalue weighted by molar-refractivity contribution is 6.15. The van der Waals surface area contributed by atoms with E-state index in [1.165, 1.54) is 11.3 Å². The maximum atomic E-state index is 13.3. The quantitative estimate of drug-likeness (QED) is 0.363. The van der Waals surface area contributed by atoms with E-state index in [0.717, 1.165) is 60.8 Å². The summed E-state index contributed by atoms with van der Waals surface area (Å²) in [6, 6.07) is 18.3. The Kier molecular flexibility index (Phi) is 7.19. The number of hydrogen-bond donors (Lipinski definition) is 0. The van der Waals surface area contributed by atoms with Gasteiger partial charge in [0.25, 0.3) is 0 Å². The van der Waals surface area contributed by atoms with E-state index in [9.17, 15) is 4.79 Å². The molecule has 0 aromatic heterocycles. The minimum absolute atomic E-state index is 0.0796. The van der Waals surface area contributed by atoms with Crippen molar-refractivity contribution in [3.8, 4) is 17.2 Å². The summed E-state index contributed by atoms with van der Waals surface area (Å²) in [5, 5.41) is 0. The molecule has 0 saturated heterocycles. The number of Topliss-reactive ketones (excluding diaryl/α,β-unsaturated/α-hetero) is 1. The smallest absolute Gasteiger partial charge is 0.231 e. The predicted molar refractivity (Wildman–Crippen MR) is 147 cm³/mol. The van der Waals surface area contributed by atoms with Crippen LogP contribution in [0.2, 0.25) is 0 Å². The van der Waals surface area contributed by atoms with Crippen LogP contribution < -0.4 is 19.1 Å². The number of carbonyl (C=O) groups is 1. The largest absolute Gasteiger partial charge is 0.497 e. The van der Waals surface area contributed by atoms with Gasteiger partial charge in [-0.25, -0.2) is 0 Å². The van der Waals surface area contributed by atoms with E-state index < -0.39 is 0 Å². The lowest BCUT2D eigenvalue weighted by Crippen LogP contribution is -2.34. The number of carbonyl (C=O) groups excluding carboxylic acids is 1. The molecule has 0 saturated carbocycles. The van der Waals surface area contributed by atoms with E-state index in [-0.39, 0.29) is 5.78 Å². The van der Waals surface area contributed by atoms with Crippen LogP contribution in [0.25, 0.3) is 6.08 Å². The lowest BCUT2D eigenvalue weighted by molar-refractivity contribution is 0.0954. The number of fused-ring (bicyclic) bond motifs is 2. The van der Waals surface area contributed by atoms with E-state index in [1.807, 2.05) is 43.3 Å². The zero-order valence-corrected chi connectivity index (χ0v) is 22.0. The van der Waals surface area contributed by atoms with Gasteiger partial charge in [-0.2, -0.15) is 0 Å². The number of anilines is 1. The SMILES string of the molecule is CCN(CC)c1ccc(/C=C2\Oc3c(cc4c(c3C)OCN(CCc3ccc(OC)cc3)C4)C2=O)cc1. The first-order chi connectivity index (χ1) is 18.0. The molecule has 0 aliphatic carbocycles. The fourth-order valence-corrected chi connectivity index (χ4v) is 5.04. The van der Waals surface area contributed by atoms with Crippen LogP contribution in [0, 0.1) is 6.92 Å². The Morgan fingerprint density at radius 2 is 1.76 bits per heavy atom. The Morgan fingerprint density at radius 3 is 2.43 bits per heavy atom. The Balaban J connectivity index is 1.30. The molecule has 2 heterocycles. The van der Waals surface area contributed by atoms with Gasteiger partial charge in [0.2, 0.25) is 5.78 Å². The fraction of sp³-hybridized carbons (Fsp3) is 0.323. The van der Waals surface area contributed by atoms with Gasteiger partial charge >= 0.3 is 0 Å². The van der Waals surface area contributed by atoms with Gasteiger partial charge in [0, 0.05) is 43.0 Å². The van der Waals surface area contributed by atoms with Gasteiger partial charge in [-0.15, -0.1) is 0 Å². The van der Waals surface area contributed by atoms with Crippen molar-refractivity contribution in [3.63, 3.8) is 0 Å². The summed E-state index contributed by atoms with van der Waals surface area (Å²) in [6.07, 6.45) is 2.74. The van der Waals surface area contributed by atoms with Crippen molar-refractivity contribution in [1.82, 2.24) is 4.90 Å². The summed E-state index contributed by atoms with van der Waals surface area (Å²) >= 11 is 0. The summed E-state index contributed by atoms with van der Waals surface area (Å²) in [5.41, 5.74) is 5.89. The van der Waals surface area contributed by atoms with E-state index in [0.29, 0.717) is 23.8 Å². The topological polar surface area (TPSA) is 51.2 Å². The maximum Gasteiger partial charge on any atom is 0.231 e. The molecule has 0 unspecified atom stereocenters. The molecule has 0 bridgehead atoms. The second-order valence-electron chi connectivity index (χ2n) is 9.49. The summed E-state index contributed by atoms with van der Waals surface area (Å²) < 4.78 is 17.5. The Bertz CT molecular complexity index is 1310. The number of methoxy groups -OCH3 is 1. The molecule has 6 nitrogen and oxygen atoms in total. The molecule has 0 atom stereocenters. The normalized spacial score (nSPS) is 15.7. The molecule has 37 heavy (non-hydrogen) atoms. The third kappa shape index (κ3) is 5.07. The predicted octanol–water partition coefficient (Wildman–Crippen LogP) is 5.86. The van der Waals surface area contributed by atoms with Gasteiger partial charge in [0.05, 0.1) is 12.7 Å². The molecule has 0 radical (unpaired) electrons. The van der Waals surface area contributed by atoms with Crippen molar-refractivity contribution in [1.29, 1.82) is 0 Å². The minimum Gasteiger partial charge on any atom is -0.497 e. The monoisotopic (exact) mass is 498 g/mol. The van der Waals surface area contributed by atoms with E-state index in [1.54, 1.807) is 7.11 Å². The lowest BCUT2D eigenvalue weighted by Gasteiger charge is -2.30. The van der Waals surface area contributed by atoms with Gasteiger partial charge in [-0.3, -0.25) is 9.69 Å². The zero-order chi connectivity index (χ0) is 25.9. The average molecular weight is 499 g/mol. The Morgan fingerprint density at radius 1 is 1.03 bits per heavy atom. The summed E-state index contributed by atoms with van der Waals surface area (Å²) in [5.74, 6) is 2.58. The van der Waals surface area contributed by atoms with E-state index in [2.05, 4.69) is 47.9 Å². The highest BCUT2D eigenvalue weighted by Gasteiger charge is 2.33. The third-order valence-corrected chi connectivity index (χ3v) is 7.20. The van der Waals surface area contributed by atoms with Crippen LogP contribution in [-0.2, 0) is 13.0 Å². The van der Waals surface area contributed by atoms with E-state index >= 15 is 0 Å². The van der Waals surface area contributed by atoms with Gasteiger partial charge in [-0.1, -0.05) is 24.3 Å².